The molecule has 1 aromatic heterocycles. The van der Waals surface area contributed by atoms with E-state index in [9.17, 15) is 9.59 Å². The summed E-state index contributed by atoms with van der Waals surface area (Å²) in [7, 11) is 0. The van der Waals surface area contributed by atoms with E-state index < -0.39 is 0 Å². The second kappa shape index (κ2) is 8.01. The van der Waals surface area contributed by atoms with Gasteiger partial charge in [0.25, 0.3) is 5.91 Å². The summed E-state index contributed by atoms with van der Waals surface area (Å²) < 4.78 is 1.01. The Labute approximate surface area is 159 Å². The lowest BCUT2D eigenvalue weighted by molar-refractivity contribution is -0.130. The molecule has 1 aliphatic heterocycles. The van der Waals surface area contributed by atoms with Gasteiger partial charge < -0.3 is 9.80 Å². The Morgan fingerprint density at radius 3 is 2.32 bits per heavy atom. The smallest absolute Gasteiger partial charge is 0.256 e. The van der Waals surface area contributed by atoms with Crippen LogP contribution < -0.4 is 0 Å². The minimum Gasteiger partial charge on any atom is -0.339 e. The highest BCUT2D eigenvalue weighted by molar-refractivity contribution is 9.10. The minimum atomic E-state index is -0.0316. The normalized spacial score (nSPS) is 14.5. The number of benzene rings is 1. The van der Waals surface area contributed by atoms with Gasteiger partial charge in [-0.2, -0.15) is 0 Å². The maximum atomic E-state index is 12.9. The fraction of sp³-hybridized carbons (Fsp3) is 0.278. The molecule has 1 saturated heterocycles. The van der Waals surface area contributed by atoms with Gasteiger partial charge in [-0.15, -0.1) is 0 Å². The van der Waals surface area contributed by atoms with Gasteiger partial charge in [0, 0.05) is 48.7 Å². The van der Waals surface area contributed by atoms with Crippen LogP contribution >= 0.6 is 27.7 Å². The Balaban J connectivity index is 1.75. The van der Waals surface area contributed by atoms with E-state index in [1.807, 2.05) is 30.3 Å². The highest BCUT2D eigenvalue weighted by Gasteiger charge is 2.25. The van der Waals surface area contributed by atoms with Crippen molar-refractivity contribution in [3.8, 4) is 0 Å². The van der Waals surface area contributed by atoms with Crippen molar-refractivity contribution in [1.29, 1.82) is 0 Å². The molecule has 130 valence electrons. The fourth-order valence-electron chi connectivity index (χ4n) is 2.64. The zero-order valence-electron chi connectivity index (χ0n) is 13.8. The summed E-state index contributed by atoms with van der Waals surface area (Å²) in [6.45, 7) is 3.82. The molecule has 1 fully saturated rings. The van der Waals surface area contributed by atoms with E-state index >= 15 is 0 Å². The second-order valence-corrected chi connectivity index (χ2v) is 7.69. The van der Waals surface area contributed by atoms with E-state index in [4.69, 9.17) is 0 Å². The molecule has 3 rings (SSSR count). The lowest BCUT2D eigenvalue weighted by Crippen LogP contribution is -2.50. The molecular weight excluding hydrogens is 402 g/mol. The molecule has 25 heavy (non-hydrogen) atoms. The Kier molecular flexibility index (Phi) is 5.75. The summed E-state index contributed by atoms with van der Waals surface area (Å²) in [5.74, 6) is 0.0240. The van der Waals surface area contributed by atoms with Crippen LogP contribution in [0.1, 0.15) is 17.3 Å². The first-order chi connectivity index (χ1) is 12.0. The van der Waals surface area contributed by atoms with Crippen molar-refractivity contribution < 1.29 is 9.59 Å². The van der Waals surface area contributed by atoms with E-state index in [1.54, 1.807) is 29.0 Å². The van der Waals surface area contributed by atoms with Gasteiger partial charge in [-0.25, -0.2) is 4.98 Å². The lowest BCUT2D eigenvalue weighted by Gasteiger charge is -2.34. The molecule has 0 saturated carbocycles. The van der Waals surface area contributed by atoms with Crippen LogP contribution in [-0.2, 0) is 4.79 Å². The quantitative estimate of drug-likeness (QED) is 0.765. The van der Waals surface area contributed by atoms with E-state index in [2.05, 4.69) is 20.9 Å². The molecule has 0 atom stereocenters. The first-order valence-electron chi connectivity index (χ1n) is 7.98. The molecule has 0 aliphatic carbocycles. The lowest BCUT2D eigenvalue weighted by atomic mass is 10.2. The van der Waals surface area contributed by atoms with Crippen molar-refractivity contribution >= 4 is 39.5 Å². The highest BCUT2D eigenvalue weighted by Crippen LogP contribution is 2.30. The maximum absolute atomic E-state index is 12.9. The zero-order valence-corrected chi connectivity index (χ0v) is 16.2. The van der Waals surface area contributed by atoms with Crippen LogP contribution in [0.3, 0.4) is 0 Å². The van der Waals surface area contributed by atoms with Crippen molar-refractivity contribution in [2.75, 3.05) is 26.2 Å². The summed E-state index contributed by atoms with van der Waals surface area (Å²) in [4.78, 5) is 33.3. The molecule has 2 amide bonds. The number of piperazine rings is 1. The molecule has 0 spiro atoms. The summed E-state index contributed by atoms with van der Waals surface area (Å²) >= 11 is 4.90. The number of halogens is 1. The molecule has 0 unspecified atom stereocenters. The van der Waals surface area contributed by atoms with Gasteiger partial charge in [0.05, 0.1) is 5.56 Å². The molecular formula is C18H18BrN3O2S. The largest absolute Gasteiger partial charge is 0.339 e. The number of amides is 2. The molecule has 7 heteroatoms. The Bertz CT molecular complexity index is 774. The number of aromatic nitrogens is 1. The third kappa shape index (κ3) is 4.41. The summed E-state index contributed by atoms with van der Waals surface area (Å²) in [5, 5.41) is 0.698. The van der Waals surface area contributed by atoms with Gasteiger partial charge in [0.1, 0.15) is 5.03 Å². The van der Waals surface area contributed by atoms with Crippen LogP contribution in [0.5, 0.6) is 0 Å². The van der Waals surface area contributed by atoms with Crippen molar-refractivity contribution in [1.82, 2.24) is 14.8 Å². The number of nitrogens with zero attached hydrogens (tertiary/aromatic N) is 3. The first-order valence-corrected chi connectivity index (χ1v) is 9.59. The van der Waals surface area contributed by atoms with E-state index in [0.717, 1.165) is 9.37 Å². The molecule has 0 bridgehead atoms. The fourth-order valence-corrected chi connectivity index (χ4v) is 3.78. The SMILES string of the molecule is CC(=O)N1CCN(C(=O)c2cccnc2Sc2ccc(Br)cc2)CC1. The number of hydrogen-bond donors (Lipinski definition) is 0. The molecule has 0 N–H and O–H groups in total. The summed E-state index contributed by atoms with van der Waals surface area (Å²) in [6.07, 6.45) is 1.70. The monoisotopic (exact) mass is 419 g/mol. The van der Waals surface area contributed by atoms with Gasteiger partial charge in [-0.3, -0.25) is 9.59 Å². The molecule has 2 heterocycles. The Morgan fingerprint density at radius 1 is 1.04 bits per heavy atom. The maximum Gasteiger partial charge on any atom is 0.256 e. The van der Waals surface area contributed by atoms with Crippen LogP contribution in [0.25, 0.3) is 0 Å². The number of rotatable bonds is 3. The Morgan fingerprint density at radius 2 is 1.68 bits per heavy atom. The van der Waals surface area contributed by atoms with Gasteiger partial charge in [0.2, 0.25) is 5.91 Å². The van der Waals surface area contributed by atoms with Gasteiger partial charge in [-0.05, 0) is 36.4 Å². The third-order valence-electron chi connectivity index (χ3n) is 4.04. The number of pyridine rings is 1. The average molecular weight is 420 g/mol. The first kappa shape index (κ1) is 17.9. The number of carbonyl (C=O) groups excluding carboxylic acids is 2. The van der Waals surface area contributed by atoms with Crippen molar-refractivity contribution in [3.05, 3.63) is 52.6 Å². The molecule has 5 nitrogen and oxygen atoms in total. The topological polar surface area (TPSA) is 53.5 Å². The number of carbonyl (C=O) groups is 2. The second-order valence-electron chi connectivity index (χ2n) is 5.71. The van der Waals surface area contributed by atoms with Crippen LogP contribution in [0, 0.1) is 0 Å². The predicted octanol–water partition coefficient (Wildman–Crippen LogP) is 3.30. The van der Waals surface area contributed by atoms with E-state index in [-0.39, 0.29) is 11.8 Å². The molecule has 0 radical (unpaired) electrons. The van der Waals surface area contributed by atoms with Crippen molar-refractivity contribution in [2.45, 2.75) is 16.8 Å². The van der Waals surface area contributed by atoms with Crippen molar-refractivity contribution in [3.63, 3.8) is 0 Å². The van der Waals surface area contributed by atoms with Crippen LogP contribution in [0.4, 0.5) is 0 Å². The third-order valence-corrected chi connectivity index (χ3v) is 5.60. The minimum absolute atomic E-state index is 0.0316. The summed E-state index contributed by atoms with van der Waals surface area (Å²) in [5.41, 5.74) is 0.603. The molecule has 1 aliphatic rings. The Hall–Kier alpha value is -1.86. The number of hydrogen-bond acceptors (Lipinski definition) is 4. The van der Waals surface area contributed by atoms with Gasteiger partial charge in [-0.1, -0.05) is 27.7 Å². The van der Waals surface area contributed by atoms with E-state index in [1.165, 1.54) is 11.8 Å². The predicted molar refractivity (Wildman–Crippen MR) is 101 cm³/mol. The van der Waals surface area contributed by atoms with Crippen LogP contribution in [-0.4, -0.2) is 52.8 Å². The van der Waals surface area contributed by atoms with E-state index in [0.29, 0.717) is 36.8 Å². The standard InChI is InChI=1S/C18H18BrN3O2S/c1-13(23)21-9-11-22(12-10-21)18(24)16-3-2-8-20-17(16)25-15-6-4-14(19)5-7-15/h2-8H,9-12H2,1H3. The highest BCUT2D eigenvalue weighted by atomic mass is 79.9. The average Bonchev–Trinajstić information content (AvgIpc) is 2.63. The summed E-state index contributed by atoms with van der Waals surface area (Å²) in [6, 6.07) is 11.5. The zero-order chi connectivity index (χ0) is 17.8. The molecule has 1 aromatic carbocycles. The van der Waals surface area contributed by atoms with Crippen molar-refractivity contribution in [2.24, 2.45) is 0 Å². The van der Waals surface area contributed by atoms with Crippen LogP contribution in [0.15, 0.2) is 57.0 Å². The van der Waals surface area contributed by atoms with Gasteiger partial charge in [0.15, 0.2) is 0 Å². The van der Waals surface area contributed by atoms with Crippen LogP contribution in [0.2, 0.25) is 0 Å². The van der Waals surface area contributed by atoms with Gasteiger partial charge >= 0.3 is 0 Å². The molecule has 2 aromatic rings.